The Hall–Kier alpha value is -4.18. The van der Waals surface area contributed by atoms with Crippen molar-refractivity contribution >= 4 is 38.6 Å². The number of aryl methyl sites for hydroxylation is 1. The minimum absolute atomic E-state index is 0.0944. The molecule has 0 spiro atoms. The molecular weight excluding hydrogens is 487 g/mol. The Morgan fingerprint density at radius 1 is 0.972 bits per heavy atom. The molecule has 186 valence electrons. The zero-order valence-corrected chi connectivity index (χ0v) is 20.1. The van der Waals surface area contributed by atoms with E-state index in [2.05, 4.69) is 14.4 Å². The number of aromatic amines is 1. The number of carbonyl (C=O) groups excluding carboxylic acids is 2. The van der Waals surface area contributed by atoms with Crippen molar-refractivity contribution in [2.75, 3.05) is 11.8 Å². The number of anilines is 1. The Morgan fingerprint density at radius 3 is 2.50 bits per heavy atom. The number of sulfonamides is 1. The number of nitrogens with one attached hydrogen (secondary N) is 2. The molecule has 0 aliphatic carbocycles. The minimum atomic E-state index is -4.21. The highest BCUT2D eigenvalue weighted by atomic mass is 32.2. The van der Waals surface area contributed by atoms with E-state index in [1.54, 1.807) is 0 Å². The Bertz CT molecular complexity index is 1510. The molecule has 0 saturated carbocycles. The number of H-pyrrole nitrogens is 1. The normalized spacial score (nSPS) is 11.3. The number of aromatic nitrogens is 1. The average Bonchev–Trinajstić information content (AvgIpc) is 3.33. The predicted octanol–water partition coefficient (Wildman–Crippen LogP) is 4.36. The molecule has 36 heavy (non-hydrogen) atoms. The highest BCUT2D eigenvalue weighted by Crippen LogP contribution is 2.24. The molecule has 0 radical (unpaired) electrons. The third-order valence-corrected chi connectivity index (χ3v) is 6.92. The van der Waals surface area contributed by atoms with E-state index < -0.39 is 27.8 Å². The molecule has 4 aromatic rings. The third kappa shape index (κ3) is 6.08. The molecular formula is C26H23FN2O6S. The summed E-state index contributed by atoms with van der Waals surface area (Å²) in [6, 6.07) is 16.7. The molecule has 0 aliphatic rings. The van der Waals surface area contributed by atoms with E-state index in [0.29, 0.717) is 6.42 Å². The molecule has 1 heterocycles. The molecule has 1 aromatic heterocycles. The van der Waals surface area contributed by atoms with Crippen molar-refractivity contribution in [3.63, 3.8) is 0 Å². The highest BCUT2D eigenvalue weighted by Gasteiger charge is 2.21. The SMILES string of the molecule is COC(=O)Cc1ccc(F)cc1S(=O)(=O)Nc1ccc(OC(=O)CCc2ccc3[nH]ccc3c2)cc1. The van der Waals surface area contributed by atoms with Crippen LogP contribution in [0.2, 0.25) is 0 Å². The molecule has 10 heteroatoms. The summed E-state index contributed by atoms with van der Waals surface area (Å²) in [7, 11) is -3.04. The Labute approximate surface area is 207 Å². The summed E-state index contributed by atoms with van der Waals surface area (Å²) in [6.45, 7) is 0. The van der Waals surface area contributed by atoms with Crippen molar-refractivity contribution in [2.45, 2.75) is 24.2 Å². The average molecular weight is 511 g/mol. The smallest absolute Gasteiger partial charge is 0.311 e. The van der Waals surface area contributed by atoms with Gasteiger partial charge in [-0.15, -0.1) is 0 Å². The van der Waals surface area contributed by atoms with Crippen molar-refractivity contribution in [2.24, 2.45) is 0 Å². The van der Waals surface area contributed by atoms with Crippen molar-refractivity contribution in [3.8, 4) is 5.75 Å². The summed E-state index contributed by atoms with van der Waals surface area (Å²) < 4.78 is 51.8. The Balaban J connectivity index is 1.38. The molecule has 0 bridgehead atoms. The van der Waals surface area contributed by atoms with E-state index in [1.807, 2.05) is 30.5 Å². The van der Waals surface area contributed by atoms with Gasteiger partial charge in [0.25, 0.3) is 10.0 Å². The Morgan fingerprint density at radius 2 is 1.75 bits per heavy atom. The maximum Gasteiger partial charge on any atom is 0.311 e. The topological polar surface area (TPSA) is 115 Å². The van der Waals surface area contributed by atoms with Gasteiger partial charge in [0, 0.05) is 23.8 Å². The first-order valence-corrected chi connectivity index (χ1v) is 12.5. The molecule has 0 fully saturated rings. The van der Waals surface area contributed by atoms with Gasteiger partial charge in [0.15, 0.2) is 0 Å². The van der Waals surface area contributed by atoms with Gasteiger partial charge >= 0.3 is 11.9 Å². The van der Waals surface area contributed by atoms with Crippen LogP contribution >= 0.6 is 0 Å². The number of carbonyl (C=O) groups is 2. The lowest BCUT2D eigenvalue weighted by Gasteiger charge is -2.13. The number of rotatable bonds is 9. The van der Waals surface area contributed by atoms with Crippen LogP contribution in [0.4, 0.5) is 10.1 Å². The molecule has 0 amide bonds. The first-order chi connectivity index (χ1) is 17.2. The molecule has 0 unspecified atom stereocenters. The number of esters is 2. The standard InChI is InChI=1S/C26H23FN2O6S/c1-34-26(31)15-19-4-5-20(27)16-24(19)36(32,33)29-21-6-8-22(9-7-21)35-25(30)11-3-17-2-10-23-18(14-17)12-13-28-23/h2,4-10,12-14,16,28-29H,3,11,15H2,1H3. The van der Waals surface area contributed by atoms with Crippen LogP contribution in [-0.2, 0) is 37.2 Å². The molecule has 4 rings (SSSR count). The van der Waals surface area contributed by atoms with Gasteiger partial charge in [-0.05, 0) is 77.5 Å². The van der Waals surface area contributed by atoms with Crippen LogP contribution in [0.1, 0.15) is 17.5 Å². The number of ether oxygens (including phenoxy) is 2. The second kappa shape index (κ2) is 10.6. The molecule has 0 saturated heterocycles. The van der Waals surface area contributed by atoms with Gasteiger partial charge in [-0.1, -0.05) is 12.1 Å². The van der Waals surface area contributed by atoms with Gasteiger partial charge in [-0.25, -0.2) is 12.8 Å². The van der Waals surface area contributed by atoms with E-state index in [9.17, 15) is 22.4 Å². The molecule has 0 atom stereocenters. The van der Waals surface area contributed by atoms with Crippen LogP contribution < -0.4 is 9.46 Å². The summed E-state index contributed by atoms with van der Waals surface area (Å²) in [5, 5.41) is 1.06. The van der Waals surface area contributed by atoms with Gasteiger partial charge in [0.1, 0.15) is 11.6 Å². The van der Waals surface area contributed by atoms with Gasteiger partial charge in [0.2, 0.25) is 0 Å². The number of halogens is 1. The maximum absolute atomic E-state index is 13.8. The zero-order chi connectivity index (χ0) is 25.7. The summed E-state index contributed by atoms with van der Waals surface area (Å²) in [4.78, 5) is 26.6. The lowest BCUT2D eigenvalue weighted by Crippen LogP contribution is -2.17. The van der Waals surface area contributed by atoms with Crippen molar-refractivity contribution in [3.05, 3.63) is 89.9 Å². The lowest BCUT2D eigenvalue weighted by molar-refractivity contribution is -0.140. The largest absolute Gasteiger partial charge is 0.469 e. The van der Waals surface area contributed by atoms with Gasteiger partial charge < -0.3 is 14.5 Å². The van der Waals surface area contributed by atoms with Crippen molar-refractivity contribution < 1.29 is 31.9 Å². The van der Waals surface area contributed by atoms with Crippen LogP contribution in [0.25, 0.3) is 10.9 Å². The summed E-state index contributed by atoms with van der Waals surface area (Å²) in [6.07, 6.45) is 2.21. The number of benzene rings is 3. The second-order valence-corrected chi connectivity index (χ2v) is 9.66. The second-order valence-electron chi connectivity index (χ2n) is 8.01. The highest BCUT2D eigenvalue weighted by molar-refractivity contribution is 7.92. The van der Waals surface area contributed by atoms with Crippen molar-refractivity contribution in [1.29, 1.82) is 0 Å². The van der Waals surface area contributed by atoms with Crippen LogP contribution in [-0.4, -0.2) is 32.5 Å². The van der Waals surface area contributed by atoms with Gasteiger partial charge in [-0.2, -0.15) is 0 Å². The molecule has 8 nitrogen and oxygen atoms in total. The first-order valence-electron chi connectivity index (χ1n) is 11.0. The quantitative estimate of drug-likeness (QED) is 0.255. The summed E-state index contributed by atoms with van der Waals surface area (Å²) >= 11 is 0. The lowest BCUT2D eigenvalue weighted by atomic mass is 10.1. The zero-order valence-electron chi connectivity index (χ0n) is 19.3. The number of hydrogen-bond acceptors (Lipinski definition) is 6. The molecule has 3 aromatic carbocycles. The van der Waals surface area contributed by atoms with Crippen LogP contribution in [0, 0.1) is 5.82 Å². The molecule has 2 N–H and O–H groups in total. The van der Waals surface area contributed by atoms with E-state index in [1.165, 1.54) is 37.4 Å². The summed E-state index contributed by atoms with van der Waals surface area (Å²) in [5.74, 6) is -1.60. The van der Waals surface area contributed by atoms with Crippen LogP contribution in [0.3, 0.4) is 0 Å². The van der Waals surface area contributed by atoms with E-state index >= 15 is 0 Å². The maximum atomic E-state index is 13.8. The van der Waals surface area contributed by atoms with Crippen LogP contribution in [0.15, 0.2) is 77.8 Å². The van der Waals surface area contributed by atoms with Gasteiger partial charge in [-0.3, -0.25) is 14.3 Å². The minimum Gasteiger partial charge on any atom is -0.469 e. The van der Waals surface area contributed by atoms with Crippen molar-refractivity contribution in [1.82, 2.24) is 4.98 Å². The van der Waals surface area contributed by atoms with Crippen LogP contribution in [0.5, 0.6) is 5.75 Å². The monoisotopic (exact) mass is 510 g/mol. The first kappa shape index (κ1) is 24.9. The fourth-order valence-corrected chi connectivity index (χ4v) is 4.95. The number of fused-ring (bicyclic) bond motifs is 1. The molecule has 0 aliphatic heterocycles. The van der Waals surface area contributed by atoms with Gasteiger partial charge in [0.05, 0.1) is 18.4 Å². The summed E-state index contributed by atoms with van der Waals surface area (Å²) in [5.41, 5.74) is 2.29. The third-order valence-electron chi connectivity index (χ3n) is 5.45. The Kier molecular flexibility index (Phi) is 7.35. The van der Waals surface area contributed by atoms with E-state index in [-0.39, 0.29) is 34.7 Å². The number of methoxy groups -OCH3 is 1. The van der Waals surface area contributed by atoms with E-state index in [4.69, 9.17) is 4.74 Å². The fraction of sp³-hybridized carbons (Fsp3) is 0.154. The van der Waals surface area contributed by atoms with E-state index in [0.717, 1.165) is 28.6 Å². The number of hydrogen-bond donors (Lipinski definition) is 2. The fourth-order valence-electron chi connectivity index (χ4n) is 3.64. The predicted molar refractivity (Wildman–Crippen MR) is 132 cm³/mol.